The zero-order valence-electron chi connectivity index (χ0n) is 22.1. The largest absolute Gasteiger partial charge is 0.395 e. The molecule has 1 unspecified atom stereocenters. The maximum Gasteiger partial charge on any atom is 0.322 e. The number of fused-ring (bicyclic) bond motifs is 2. The van der Waals surface area contributed by atoms with Crippen LogP contribution in [0, 0.1) is 34.5 Å². The average Bonchev–Trinajstić information content (AvgIpc) is 3.70. The van der Waals surface area contributed by atoms with E-state index in [0.29, 0.717) is 35.4 Å². The summed E-state index contributed by atoms with van der Waals surface area (Å²) >= 11 is 3.45. The number of nitriles is 1. The van der Waals surface area contributed by atoms with E-state index in [1.165, 1.54) is 5.56 Å². The number of likely N-dealkylation sites (tertiary alicyclic amines) is 1. The van der Waals surface area contributed by atoms with Gasteiger partial charge in [0, 0.05) is 42.4 Å². The number of rotatable bonds is 7. The van der Waals surface area contributed by atoms with Crippen molar-refractivity contribution >= 4 is 27.6 Å². The number of benzene rings is 1. The Kier molecular flexibility index (Phi) is 6.53. The fraction of sp³-hybridized carbons (Fsp3) is 0.567. The van der Waals surface area contributed by atoms with Gasteiger partial charge in [0.2, 0.25) is 0 Å². The second-order valence-electron chi connectivity index (χ2n) is 12.4. The molecule has 1 aromatic heterocycles. The van der Waals surface area contributed by atoms with Crippen molar-refractivity contribution in [1.82, 2.24) is 14.8 Å². The Balaban J connectivity index is 1.17. The van der Waals surface area contributed by atoms with Crippen LogP contribution in [0.2, 0.25) is 0 Å². The van der Waals surface area contributed by atoms with Crippen LogP contribution in [-0.4, -0.2) is 64.2 Å². The van der Waals surface area contributed by atoms with Gasteiger partial charge in [-0.2, -0.15) is 5.26 Å². The molecule has 2 heterocycles. The van der Waals surface area contributed by atoms with E-state index in [9.17, 15) is 15.2 Å². The van der Waals surface area contributed by atoms with Gasteiger partial charge in [-0.3, -0.25) is 9.88 Å². The van der Waals surface area contributed by atoms with E-state index in [-0.39, 0.29) is 30.1 Å². The number of anilines is 1. The Morgan fingerprint density at radius 3 is 2.92 bits per heavy atom. The number of pyridine rings is 1. The van der Waals surface area contributed by atoms with Gasteiger partial charge in [-0.05, 0) is 94.0 Å². The van der Waals surface area contributed by atoms with Crippen LogP contribution < -0.4 is 5.32 Å². The lowest BCUT2D eigenvalue weighted by molar-refractivity contribution is 0.0955. The van der Waals surface area contributed by atoms with Gasteiger partial charge in [0.1, 0.15) is 0 Å². The first kappa shape index (κ1) is 25.8. The number of carbonyl (C=O) groups is 1. The van der Waals surface area contributed by atoms with Crippen LogP contribution in [0.4, 0.5) is 10.5 Å². The lowest BCUT2D eigenvalue weighted by atomic mass is 9.80. The fourth-order valence-corrected chi connectivity index (χ4v) is 8.27. The average molecular weight is 579 g/mol. The number of aromatic nitrogens is 1. The zero-order valence-corrected chi connectivity index (χ0v) is 23.7. The highest BCUT2D eigenvalue weighted by Gasteiger charge is 2.66. The van der Waals surface area contributed by atoms with Crippen molar-refractivity contribution in [3.05, 3.63) is 58.3 Å². The molecule has 1 aliphatic heterocycles. The Labute approximate surface area is 233 Å². The van der Waals surface area contributed by atoms with Crippen LogP contribution in [-0.2, 0) is 5.41 Å². The minimum absolute atomic E-state index is 0.0836. The standard InChI is InChI=1S/C30H36BrN5O2/c1-29(2)25-17-35(26(18-37)27(25)29)8-9-36(28(38)34-23-12-22(31)15-33-16-23)24-6-7-30(13-21(30)11-24)20-5-3-4-19(10-20)14-32/h3-5,10,12,15-16,21,24-27,37H,6-9,11,13,17-18H2,1-2H3,(H,34,38)/t21?,24-,25+,26-,27+,30-/m1/s1. The Morgan fingerprint density at radius 1 is 1.34 bits per heavy atom. The predicted octanol–water partition coefficient (Wildman–Crippen LogP) is 5.01. The molecule has 2 N–H and O–H groups in total. The summed E-state index contributed by atoms with van der Waals surface area (Å²) in [6, 6.07) is 12.5. The number of halogens is 1. The number of piperidine rings is 1. The summed E-state index contributed by atoms with van der Waals surface area (Å²) in [6.45, 7) is 7.21. The first-order valence-corrected chi connectivity index (χ1v) is 14.6. The summed E-state index contributed by atoms with van der Waals surface area (Å²) in [4.78, 5) is 22.3. The van der Waals surface area contributed by atoms with E-state index < -0.39 is 0 Å². The highest BCUT2D eigenvalue weighted by molar-refractivity contribution is 9.10. The first-order valence-electron chi connectivity index (χ1n) is 13.8. The molecule has 6 rings (SSSR count). The SMILES string of the molecule is CC1(C)[C@@H]2[C@@H](CO)N(CCN(C(=O)Nc3cncc(Br)c3)[C@@H]3CC[C@]4(c5cccc(C#N)c5)CC4C3)C[C@@H]21. The molecular formula is C30H36BrN5O2. The smallest absolute Gasteiger partial charge is 0.322 e. The van der Waals surface area contributed by atoms with Crippen molar-refractivity contribution in [2.45, 2.75) is 57.0 Å². The monoisotopic (exact) mass is 577 g/mol. The molecule has 4 fully saturated rings. The molecule has 2 amide bonds. The molecule has 2 aromatic rings. The molecule has 38 heavy (non-hydrogen) atoms. The van der Waals surface area contributed by atoms with Crippen LogP contribution in [0.25, 0.3) is 0 Å². The van der Waals surface area contributed by atoms with Gasteiger partial charge in [0.05, 0.1) is 30.1 Å². The highest BCUT2D eigenvalue weighted by Crippen LogP contribution is 2.65. The fourth-order valence-electron chi connectivity index (χ4n) is 7.91. The van der Waals surface area contributed by atoms with Crippen LogP contribution >= 0.6 is 15.9 Å². The van der Waals surface area contributed by atoms with E-state index in [0.717, 1.165) is 48.8 Å². The molecule has 1 saturated heterocycles. The van der Waals surface area contributed by atoms with Crippen LogP contribution in [0.1, 0.15) is 50.7 Å². The van der Waals surface area contributed by atoms with Crippen molar-refractivity contribution in [3.63, 3.8) is 0 Å². The first-order chi connectivity index (χ1) is 18.3. The molecule has 0 radical (unpaired) electrons. The van der Waals surface area contributed by atoms with Crippen molar-refractivity contribution in [2.24, 2.45) is 23.2 Å². The lowest BCUT2D eigenvalue weighted by Crippen LogP contribution is -2.50. The third kappa shape index (κ3) is 4.43. The molecule has 3 saturated carbocycles. The highest BCUT2D eigenvalue weighted by atomic mass is 79.9. The van der Waals surface area contributed by atoms with Gasteiger partial charge in [0.15, 0.2) is 0 Å². The number of aliphatic hydroxyl groups excluding tert-OH is 1. The zero-order chi connectivity index (χ0) is 26.7. The van der Waals surface area contributed by atoms with Crippen molar-refractivity contribution in [2.75, 3.05) is 31.6 Å². The summed E-state index contributed by atoms with van der Waals surface area (Å²) in [5.41, 5.74) is 3.15. The van der Waals surface area contributed by atoms with Gasteiger partial charge in [-0.25, -0.2) is 4.79 Å². The summed E-state index contributed by atoms with van der Waals surface area (Å²) in [5, 5.41) is 22.6. The second-order valence-corrected chi connectivity index (χ2v) is 13.3. The summed E-state index contributed by atoms with van der Waals surface area (Å²) in [5.74, 6) is 1.72. The van der Waals surface area contributed by atoms with Crippen LogP contribution in [0.5, 0.6) is 0 Å². The quantitative estimate of drug-likeness (QED) is 0.482. The molecule has 4 aliphatic rings. The molecule has 8 heteroatoms. The van der Waals surface area contributed by atoms with Crippen molar-refractivity contribution in [1.29, 1.82) is 5.26 Å². The van der Waals surface area contributed by atoms with Gasteiger partial charge < -0.3 is 15.3 Å². The van der Waals surface area contributed by atoms with Gasteiger partial charge >= 0.3 is 6.03 Å². The molecular weight excluding hydrogens is 542 g/mol. The minimum Gasteiger partial charge on any atom is -0.395 e. The molecule has 200 valence electrons. The number of nitrogens with one attached hydrogen (secondary N) is 1. The van der Waals surface area contributed by atoms with E-state index in [1.807, 2.05) is 23.1 Å². The van der Waals surface area contributed by atoms with Crippen LogP contribution in [0.15, 0.2) is 47.2 Å². The maximum atomic E-state index is 13.7. The number of amides is 2. The maximum absolute atomic E-state index is 13.7. The predicted molar refractivity (Wildman–Crippen MR) is 149 cm³/mol. The van der Waals surface area contributed by atoms with E-state index in [4.69, 9.17) is 0 Å². The summed E-state index contributed by atoms with van der Waals surface area (Å²) in [6.07, 6.45) is 7.45. The second kappa shape index (κ2) is 9.62. The molecule has 6 atom stereocenters. The summed E-state index contributed by atoms with van der Waals surface area (Å²) in [7, 11) is 0. The molecule has 0 bridgehead atoms. The third-order valence-electron chi connectivity index (χ3n) is 10.2. The number of nitrogens with zero attached hydrogens (tertiary/aromatic N) is 4. The van der Waals surface area contributed by atoms with Gasteiger partial charge in [0.25, 0.3) is 0 Å². The number of aliphatic hydroxyl groups is 1. The summed E-state index contributed by atoms with van der Waals surface area (Å²) < 4.78 is 0.826. The Hall–Kier alpha value is -2.47. The van der Waals surface area contributed by atoms with Gasteiger partial charge in [-0.15, -0.1) is 0 Å². The number of hydrogen-bond acceptors (Lipinski definition) is 5. The molecule has 7 nitrogen and oxygen atoms in total. The topological polar surface area (TPSA) is 92.5 Å². The minimum atomic E-state index is -0.0836. The van der Waals surface area contributed by atoms with Crippen LogP contribution in [0.3, 0.4) is 0 Å². The molecule has 0 spiro atoms. The number of carbonyl (C=O) groups excluding carboxylic acids is 1. The van der Waals surface area contributed by atoms with Crippen molar-refractivity contribution < 1.29 is 9.90 Å². The van der Waals surface area contributed by atoms with E-state index in [1.54, 1.807) is 12.4 Å². The Morgan fingerprint density at radius 2 is 2.18 bits per heavy atom. The molecule has 3 aliphatic carbocycles. The normalized spacial score (nSPS) is 32.6. The van der Waals surface area contributed by atoms with Gasteiger partial charge in [-0.1, -0.05) is 26.0 Å². The van der Waals surface area contributed by atoms with E-state index in [2.05, 4.69) is 63.2 Å². The molecule has 1 aromatic carbocycles. The number of hydrogen-bond donors (Lipinski definition) is 2. The van der Waals surface area contributed by atoms with E-state index >= 15 is 0 Å². The lowest BCUT2D eigenvalue weighted by Gasteiger charge is -2.38. The third-order valence-corrected chi connectivity index (χ3v) is 10.6. The Bertz CT molecular complexity index is 1280. The number of urea groups is 1. The van der Waals surface area contributed by atoms with Crippen molar-refractivity contribution in [3.8, 4) is 6.07 Å².